The van der Waals surface area contributed by atoms with Crippen LogP contribution in [0.4, 0.5) is 0 Å². The summed E-state index contributed by atoms with van der Waals surface area (Å²) in [7, 11) is 2.20. The lowest BCUT2D eigenvalue weighted by Crippen LogP contribution is -2.58. The van der Waals surface area contributed by atoms with Crippen molar-refractivity contribution in [1.29, 1.82) is 0 Å². The van der Waals surface area contributed by atoms with E-state index in [1.54, 1.807) is 0 Å². The average molecular weight is 237 g/mol. The van der Waals surface area contributed by atoms with Gasteiger partial charge in [0.1, 0.15) is 0 Å². The molecule has 0 bridgehead atoms. The van der Waals surface area contributed by atoms with Gasteiger partial charge in [0.05, 0.1) is 6.17 Å². The summed E-state index contributed by atoms with van der Waals surface area (Å²) in [6.45, 7) is 11.8. The molecule has 2 aliphatic rings. The number of hydrogen-bond acceptors (Lipinski definition) is 3. The summed E-state index contributed by atoms with van der Waals surface area (Å²) in [6, 6.07) is 0. The Morgan fingerprint density at radius 2 is 1.71 bits per heavy atom. The molecule has 1 atom stereocenters. The van der Waals surface area contributed by atoms with E-state index in [1.807, 2.05) is 0 Å². The lowest BCUT2D eigenvalue weighted by molar-refractivity contribution is 0.00314. The fraction of sp³-hybridized carbons (Fsp3) is 0.857. The minimum absolute atomic E-state index is 0.324. The predicted molar refractivity (Wildman–Crippen MR) is 72.8 cm³/mol. The van der Waals surface area contributed by atoms with Gasteiger partial charge in [-0.25, -0.2) is 0 Å². The predicted octanol–water partition coefficient (Wildman–Crippen LogP) is 1.97. The first-order valence-electron chi connectivity index (χ1n) is 6.86. The van der Waals surface area contributed by atoms with E-state index in [9.17, 15) is 0 Å². The maximum atomic E-state index is 2.64. The lowest BCUT2D eigenvalue weighted by Gasteiger charge is -2.47. The van der Waals surface area contributed by atoms with Crippen molar-refractivity contribution in [3.05, 3.63) is 12.3 Å². The number of allylic oxidation sites excluding steroid dienone is 1. The highest BCUT2D eigenvalue weighted by Crippen LogP contribution is 2.21. The normalized spacial score (nSPS) is 28.7. The Kier molecular flexibility index (Phi) is 3.79. The van der Waals surface area contributed by atoms with E-state index < -0.39 is 0 Å². The number of nitrogens with zero attached hydrogens (tertiary/aromatic N) is 3. The van der Waals surface area contributed by atoms with Crippen LogP contribution in [-0.2, 0) is 0 Å². The fourth-order valence-electron chi connectivity index (χ4n) is 2.92. The molecule has 0 N–H and O–H groups in total. The largest absolute Gasteiger partial charge is 0.365 e. The van der Waals surface area contributed by atoms with Gasteiger partial charge in [-0.05, 0) is 39.8 Å². The van der Waals surface area contributed by atoms with Gasteiger partial charge < -0.3 is 4.90 Å². The number of rotatable bonds is 1. The third kappa shape index (κ3) is 3.02. The van der Waals surface area contributed by atoms with Crippen LogP contribution in [0.5, 0.6) is 0 Å². The van der Waals surface area contributed by atoms with E-state index >= 15 is 0 Å². The molecule has 98 valence electrons. The summed E-state index contributed by atoms with van der Waals surface area (Å²) < 4.78 is 0. The zero-order chi connectivity index (χ0) is 12.5. The van der Waals surface area contributed by atoms with Gasteiger partial charge in [-0.15, -0.1) is 0 Å². The van der Waals surface area contributed by atoms with Crippen LogP contribution in [0.15, 0.2) is 12.3 Å². The third-order valence-corrected chi connectivity index (χ3v) is 4.09. The van der Waals surface area contributed by atoms with Crippen LogP contribution >= 0.6 is 0 Å². The van der Waals surface area contributed by atoms with E-state index in [1.165, 1.54) is 39.0 Å². The van der Waals surface area contributed by atoms with Crippen LogP contribution in [0.25, 0.3) is 0 Å². The van der Waals surface area contributed by atoms with E-state index in [-0.39, 0.29) is 0 Å². The van der Waals surface area contributed by atoms with Gasteiger partial charge >= 0.3 is 0 Å². The first-order valence-corrected chi connectivity index (χ1v) is 6.86. The first-order chi connectivity index (χ1) is 7.98. The van der Waals surface area contributed by atoms with Crippen molar-refractivity contribution in [1.82, 2.24) is 14.7 Å². The molecule has 0 aromatic heterocycles. The number of hydrogen-bond donors (Lipinski definition) is 0. The smallest absolute Gasteiger partial charge is 0.0815 e. The van der Waals surface area contributed by atoms with Crippen molar-refractivity contribution in [2.75, 3.05) is 33.2 Å². The van der Waals surface area contributed by atoms with Gasteiger partial charge in [0, 0.05) is 38.8 Å². The molecular weight excluding hydrogens is 210 g/mol. The second-order valence-electron chi connectivity index (χ2n) is 6.30. The average Bonchev–Trinajstić information content (AvgIpc) is 2.29. The summed E-state index contributed by atoms with van der Waals surface area (Å²) in [6.07, 6.45) is 7.66. The van der Waals surface area contributed by atoms with Crippen LogP contribution in [0.3, 0.4) is 0 Å². The fourth-order valence-corrected chi connectivity index (χ4v) is 2.92. The van der Waals surface area contributed by atoms with Gasteiger partial charge in [-0.1, -0.05) is 6.08 Å². The second kappa shape index (κ2) is 4.99. The Bertz CT molecular complexity index is 272. The van der Waals surface area contributed by atoms with Crippen molar-refractivity contribution < 1.29 is 0 Å². The topological polar surface area (TPSA) is 9.72 Å². The summed E-state index contributed by atoms with van der Waals surface area (Å²) in [5, 5.41) is 0. The zero-order valence-electron chi connectivity index (χ0n) is 11.8. The Morgan fingerprint density at radius 3 is 2.24 bits per heavy atom. The van der Waals surface area contributed by atoms with Crippen LogP contribution in [-0.4, -0.2) is 59.6 Å². The standard InChI is InChI=1S/C14H27N3/c1-14(2,3)17-11-9-16(10-12-17)13-7-5-6-8-15(13)4/h6,8,13H,5,7,9-12H2,1-4H3. The van der Waals surface area contributed by atoms with Crippen LogP contribution < -0.4 is 0 Å². The molecule has 0 amide bonds. The minimum atomic E-state index is 0.324. The molecule has 0 aliphatic carbocycles. The molecule has 2 rings (SSSR count). The molecule has 2 heterocycles. The Hall–Kier alpha value is -0.540. The van der Waals surface area contributed by atoms with Crippen molar-refractivity contribution in [3.63, 3.8) is 0 Å². The molecule has 0 spiro atoms. The molecule has 0 aromatic carbocycles. The first kappa shape index (κ1) is 12.9. The highest BCUT2D eigenvalue weighted by atomic mass is 15.4. The maximum absolute atomic E-state index is 2.64. The van der Waals surface area contributed by atoms with Crippen molar-refractivity contribution in [2.24, 2.45) is 0 Å². The van der Waals surface area contributed by atoms with Gasteiger partial charge in [-0.3, -0.25) is 9.80 Å². The minimum Gasteiger partial charge on any atom is -0.365 e. The highest BCUT2D eigenvalue weighted by molar-refractivity contribution is 4.93. The molecule has 1 saturated heterocycles. The quantitative estimate of drug-likeness (QED) is 0.690. The van der Waals surface area contributed by atoms with E-state index in [0.717, 1.165) is 0 Å². The van der Waals surface area contributed by atoms with Crippen molar-refractivity contribution >= 4 is 0 Å². The van der Waals surface area contributed by atoms with E-state index in [4.69, 9.17) is 0 Å². The van der Waals surface area contributed by atoms with Crippen LogP contribution in [0.2, 0.25) is 0 Å². The monoisotopic (exact) mass is 237 g/mol. The molecule has 0 aromatic rings. The van der Waals surface area contributed by atoms with E-state index in [2.05, 4.69) is 54.8 Å². The molecule has 3 heteroatoms. The van der Waals surface area contributed by atoms with Crippen LogP contribution in [0.1, 0.15) is 33.6 Å². The molecule has 1 unspecified atom stereocenters. The summed E-state index contributed by atoms with van der Waals surface area (Å²) >= 11 is 0. The molecule has 2 aliphatic heterocycles. The molecular formula is C14H27N3. The number of piperazine rings is 1. The summed E-state index contributed by atoms with van der Waals surface area (Å²) in [4.78, 5) is 7.62. The Labute approximate surface area is 106 Å². The third-order valence-electron chi connectivity index (χ3n) is 4.09. The van der Waals surface area contributed by atoms with Gasteiger partial charge in [0.25, 0.3) is 0 Å². The summed E-state index contributed by atoms with van der Waals surface area (Å²) in [5.74, 6) is 0. The van der Waals surface area contributed by atoms with Gasteiger partial charge in [0.15, 0.2) is 0 Å². The SMILES string of the molecule is CN1C=CCCC1N1CCN(C(C)(C)C)CC1. The second-order valence-corrected chi connectivity index (χ2v) is 6.30. The van der Waals surface area contributed by atoms with Crippen molar-refractivity contribution in [3.8, 4) is 0 Å². The molecule has 0 radical (unpaired) electrons. The maximum Gasteiger partial charge on any atom is 0.0815 e. The van der Waals surface area contributed by atoms with E-state index in [0.29, 0.717) is 11.7 Å². The summed E-state index contributed by atoms with van der Waals surface area (Å²) in [5.41, 5.74) is 0.324. The molecule has 3 nitrogen and oxygen atoms in total. The Balaban J connectivity index is 1.89. The molecule has 1 fully saturated rings. The Morgan fingerprint density at radius 1 is 1.06 bits per heavy atom. The molecule has 0 saturated carbocycles. The van der Waals surface area contributed by atoms with Crippen LogP contribution in [0, 0.1) is 0 Å². The zero-order valence-corrected chi connectivity index (χ0v) is 11.8. The lowest BCUT2D eigenvalue weighted by atomic mass is 10.0. The highest BCUT2D eigenvalue weighted by Gasteiger charge is 2.30. The van der Waals surface area contributed by atoms with Gasteiger partial charge in [-0.2, -0.15) is 0 Å². The van der Waals surface area contributed by atoms with Gasteiger partial charge in [0.2, 0.25) is 0 Å². The molecule has 17 heavy (non-hydrogen) atoms. The van der Waals surface area contributed by atoms with Crippen molar-refractivity contribution in [2.45, 2.75) is 45.3 Å².